The molecule has 0 spiro atoms. The smallest absolute Gasteiger partial charge is 0.261 e. The van der Waals surface area contributed by atoms with Crippen LogP contribution in [0.25, 0.3) is 6.08 Å². The molecule has 0 unspecified atom stereocenters. The molecule has 128 valence electrons. The molecule has 0 bridgehead atoms. The third kappa shape index (κ3) is 3.97. The first kappa shape index (κ1) is 17.0. The minimum absolute atomic E-state index is 0.136. The van der Waals surface area contributed by atoms with Gasteiger partial charge in [0.15, 0.2) is 0 Å². The summed E-state index contributed by atoms with van der Waals surface area (Å²) in [4.78, 5) is 16.5. The SMILES string of the molecule is Cc1cc(/C=C(\C#N)C(=O)NCCc2ccccn2)c(C)n1C1CC1. The molecule has 0 atom stereocenters. The molecule has 0 saturated heterocycles. The van der Waals surface area contributed by atoms with E-state index in [1.807, 2.05) is 37.3 Å². The van der Waals surface area contributed by atoms with Crippen molar-refractivity contribution in [1.82, 2.24) is 14.9 Å². The number of carbonyl (C=O) groups is 1. The van der Waals surface area contributed by atoms with E-state index in [-0.39, 0.29) is 11.5 Å². The van der Waals surface area contributed by atoms with Gasteiger partial charge in [-0.1, -0.05) is 6.07 Å². The lowest BCUT2D eigenvalue weighted by Crippen LogP contribution is -2.26. The quantitative estimate of drug-likeness (QED) is 0.652. The number of hydrogen-bond donors (Lipinski definition) is 1. The maximum atomic E-state index is 12.3. The highest BCUT2D eigenvalue weighted by atomic mass is 16.1. The molecule has 5 heteroatoms. The first-order valence-corrected chi connectivity index (χ1v) is 8.58. The molecule has 0 aliphatic heterocycles. The molecule has 0 radical (unpaired) electrons. The van der Waals surface area contributed by atoms with Crippen molar-refractivity contribution in [2.24, 2.45) is 0 Å². The van der Waals surface area contributed by atoms with Gasteiger partial charge in [0.25, 0.3) is 5.91 Å². The third-order valence-corrected chi connectivity index (χ3v) is 4.49. The number of rotatable bonds is 6. The van der Waals surface area contributed by atoms with E-state index in [0.29, 0.717) is 19.0 Å². The van der Waals surface area contributed by atoms with Gasteiger partial charge in [0, 0.05) is 42.3 Å². The molecular weight excluding hydrogens is 312 g/mol. The van der Waals surface area contributed by atoms with Crippen molar-refractivity contribution >= 4 is 12.0 Å². The minimum Gasteiger partial charge on any atom is -0.351 e. The number of nitrogens with one attached hydrogen (secondary N) is 1. The van der Waals surface area contributed by atoms with E-state index in [4.69, 9.17) is 0 Å². The fourth-order valence-corrected chi connectivity index (χ4v) is 3.09. The number of carbonyl (C=O) groups excluding carboxylic acids is 1. The highest BCUT2D eigenvalue weighted by molar-refractivity contribution is 6.01. The first-order chi connectivity index (χ1) is 12.1. The third-order valence-electron chi connectivity index (χ3n) is 4.49. The highest BCUT2D eigenvalue weighted by Gasteiger charge is 2.26. The monoisotopic (exact) mass is 334 g/mol. The van der Waals surface area contributed by atoms with Gasteiger partial charge in [-0.15, -0.1) is 0 Å². The predicted octanol–water partition coefficient (Wildman–Crippen LogP) is 3.10. The molecule has 2 heterocycles. The average Bonchev–Trinajstić information content (AvgIpc) is 3.40. The summed E-state index contributed by atoms with van der Waals surface area (Å²) in [5, 5.41) is 12.2. The topological polar surface area (TPSA) is 70.7 Å². The zero-order valence-electron chi connectivity index (χ0n) is 14.6. The van der Waals surface area contributed by atoms with Gasteiger partial charge in [0.1, 0.15) is 11.6 Å². The Balaban J connectivity index is 1.67. The van der Waals surface area contributed by atoms with Gasteiger partial charge in [-0.2, -0.15) is 5.26 Å². The molecule has 1 saturated carbocycles. The summed E-state index contributed by atoms with van der Waals surface area (Å²) in [7, 11) is 0. The first-order valence-electron chi connectivity index (χ1n) is 8.58. The van der Waals surface area contributed by atoms with Crippen LogP contribution in [0.5, 0.6) is 0 Å². The number of aryl methyl sites for hydroxylation is 1. The van der Waals surface area contributed by atoms with Crippen LogP contribution in [-0.2, 0) is 11.2 Å². The van der Waals surface area contributed by atoms with Crippen LogP contribution in [0.4, 0.5) is 0 Å². The summed E-state index contributed by atoms with van der Waals surface area (Å²) in [5.41, 5.74) is 4.30. The van der Waals surface area contributed by atoms with Crippen LogP contribution < -0.4 is 5.32 Å². The average molecular weight is 334 g/mol. The molecule has 5 nitrogen and oxygen atoms in total. The van der Waals surface area contributed by atoms with Gasteiger partial charge in [0.05, 0.1) is 0 Å². The predicted molar refractivity (Wildman–Crippen MR) is 96.7 cm³/mol. The Hall–Kier alpha value is -2.87. The van der Waals surface area contributed by atoms with Crippen LogP contribution in [0.2, 0.25) is 0 Å². The summed E-state index contributed by atoms with van der Waals surface area (Å²) in [6.07, 6.45) is 6.48. The molecule has 2 aromatic rings. The zero-order valence-corrected chi connectivity index (χ0v) is 14.6. The van der Waals surface area contributed by atoms with Gasteiger partial charge < -0.3 is 9.88 Å². The number of hydrogen-bond acceptors (Lipinski definition) is 3. The largest absolute Gasteiger partial charge is 0.351 e. The van der Waals surface area contributed by atoms with Crippen LogP contribution in [-0.4, -0.2) is 22.0 Å². The van der Waals surface area contributed by atoms with Crippen molar-refractivity contribution in [3.8, 4) is 6.07 Å². The van der Waals surface area contributed by atoms with Crippen molar-refractivity contribution in [2.75, 3.05) is 6.54 Å². The number of amides is 1. The molecule has 0 aromatic carbocycles. The number of nitriles is 1. The summed E-state index contributed by atoms with van der Waals surface area (Å²) < 4.78 is 2.31. The lowest BCUT2D eigenvalue weighted by molar-refractivity contribution is -0.117. The van der Waals surface area contributed by atoms with E-state index in [2.05, 4.69) is 21.8 Å². The van der Waals surface area contributed by atoms with Crippen LogP contribution in [0.1, 0.15) is 41.5 Å². The second-order valence-corrected chi connectivity index (χ2v) is 6.42. The molecule has 1 fully saturated rings. The van der Waals surface area contributed by atoms with E-state index < -0.39 is 0 Å². The molecular formula is C20H22N4O. The maximum absolute atomic E-state index is 12.3. The number of aromatic nitrogens is 2. The van der Waals surface area contributed by atoms with Gasteiger partial charge in [-0.3, -0.25) is 9.78 Å². The Morgan fingerprint density at radius 2 is 2.24 bits per heavy atom. The summed E-state index contributed by atoms with van der Waals surface area (Å²) in [6, 6.07) is 10.3. The fourth-order valence-electron chi connectivity index (χ4n) is 3.09. The summed E-state index contributed by atoms with van der Waals surface area (Å²) in [6.45, 7) is 4.57. The van der Waals surface area contributed by atoms with Crippen LogP contribution in [0, 0.1) is 25.2 Å². The van der Waals surface area contributed by atoms with Gasteiger partial charge >= 0.3 is 0 Å². The van der Waals surface area contributed by atoms with Gasteiger partial charge in [-0.05, 0) is 56.5 Å². The van der Waals surface area contributed by atoms with E-state index in [1.54, 1.807) is 12.3 Å². The molecule has 1 N–H and O–H groups in total. The number of nitrogens with zero attached hydrogens (tertiary/aromatic N) is 3. The molecule has 3 rings (SSSR count). The van der Waals surface area contributed by atoms with Crippen molar-refractivity contribution in [1.29, 1.82) is 5.26 Å². The fraction of sp³-hybridized carbons (Fsp3) is 0.350. The number of pyridine rings is 1. The Kier molecular flexibility index (Phi) is 4.99. The second-order valence-electron chi connectivity index (χ2n) is 6.42. The van der Waals surface area contributed by atoms with E-state index in [9.17, 15) is 10.1 Å². The zero-order chi connectivity index (χ0) is 17.8. The lowest BCUT2D eigenvalue weighted by atomic mass is 10.1. The Morgan fingerprint density at radius 3 is 2.88 bits per heavy atom. The molecule has 2 aromatic heterocycles. The van der Waals surface area contributed by atoms with E-state index in [1.165, 1.54) is 18.5 Å². The van der Waals surface area contributed by atoms with Crippen LogP contribution in [0.3, 0.4) is 0 Å². The highest BCUT2D eigenvalue weighted by Crippen LogP contribution is 2.38. The standard InChI is InChI=1S/C20H22N4O/c1-14-11-16(15(2)24(14)19-6-7-19)12-17(13-21)20(25)23-10-8-18-5-3-4-9-22-18/h3-5,9,11-12,19H,6-8,10H2,1-2H3,(H,23,25)/b17-12+. The lowest BCUT2D eigenvalue weighted by Gasteiger charge is -2.07. The molecule has 1 aliphatic carbocycles. The Bertz CT molecular complexity index is 839. The van der Waals surface area contributed by atoms with Gasteiger partial charge in [-0.25, -0.2) is 0 Å². The van der Waals surface area contributed by atoms with Crippen molar-refractivity contribution < 1.29 is 4.79 Å². The molecule has 1 amide bonds. The second kappa shape index (κ2) is 7.35. The van der Waals surface area contributed by atoms with E-state index in [0.717, 1.165) is 17.0 Å². The van der Waals surface area contributed by atoms with Crippen LogP contribution in [0.15, 0.2) is 36.0 Å². The molecule has 1 aliphatic rings. The van der Waals surface area contributed by atoms with Crippen molar-refractivity contribution in [3.63, 3.8) is 0 Å². The van der Waals surface area contributed by atoms with Crippen LogP contribution >= 0.6 is 0 Å². The van der Waals surface area contributed by atoms with Gasteiger partial charge in [0.2, 0.25) is 0 Å². The summed E-state index contributed by atoms with van der Waals surface area (Å²) >= 11 is 0. The normalized spacial score (nSPS) is 14.2. The maximum Gasteiger partial charge on any atom is 0.261 e. The van der Waals surface area contributed by atoms with E-state index >= 15 is 0 Å². The van der Waals surface area contributed by atoms with Crippen molar-refractivity contribution in [2.45, 2.75) is 39.2 Å². The Labute approximate surface area is 148 Å². The molecule has 25 heavy (non-hydrogen) atoms. The van der Waals surface area contributed by atoms with Crippen molar-refractivity contribution in [3.05, 3.63) is 58.7 Å². The Morgan fingerprint density at radius 1 is 1.44 bits per heavy atom. The minimum atomic E-state index is -0.338. The summed E-state index contributed by atoms with van der Waals surface area (Å²) in [5.74, 6) is -0.338.